The van der Waals surface area contributed by atoms with E-state index in [9.17, 15) is 14.3 Å². The molecule has 1 aliphatic heterocycles. The number of likely N-dealkylation sites (tertiary alicyclic amines) is 1. The maximum absolute atomic E-state index is 13.1. The van der Waals surface area contributed by atoms with E-state index in [2.05, 4.69) is 4.90 Å². The number of carbonyl (C=O) groups excluding carboxylic acids is 1. The number of nitrogens with zero attached hydrogens (tertiary/aromatic N) is 2. The van der Waals surface area contributed by atoms with Crippen molar-refractivity contribution in [3.05, 3.63) is 34.6 Å². The second-order valence-corrected chi connectivity index (χ2v) is 6.97. The molecule has 1 unspecified atom stereocenters. The van der Waals surface area contributed by atoms with Gasteiger partial charge in [-0.25, -0.2) is 4.39 Å². The number of rotatable bonds is 5. The van der Waals surface area contributed by atoms with Gasteiger partial charge in [0.15, 0.2) is 0 Å². The summed E-state index contributed by atoms with van der Waals surface area (Å²) in [4.78, 5) is 15.4. The summed E-state index contributed by atoms with van der Waals surface area (Å²) in [5.41, 5.74) is -0.00199. The van der Waals surface area contributed by atoms with Gasteiger partial charge in [-0.1, -0.05) is 17.7 Å². The predicted octanol–water partition coefficient (Wildman–Crippen LogP) is 2.67. The van der Waals surface area contributed by atoms with Gasteiger partial charge in [-0.3, -0.25) is 9.69 Å². The molecule has 0 saturated carbocycles. The smallest absolute Gasteiger partial charge is 0.222 e. The second-order valence-electron chi connectivity index (χ2n) is 6.56. The van der Waals surface area contributed by atoms with Crippen LogP contribution < -0.4 is 0 Å². The van der Waals surface area contributed by atoms with E-state index in [0.29, 0.717) is 37.4 Å². The van der Waals surface area contributed by atoms with Crippen molar-refractivity contribution in [1.82, 2.24) is 9.80 Å². The van der Waals surface area contributed by atoms with Gasteiger partial charge in [-0.15, -0.1) is 0 Å². The highest BCUT2D eigenvalue weighted by Crippen LogP contribution is 2.28. The molecule has 0 bridgehead atoms. The second kappa shape index (κ2) is 7.60. The van der Waals surface area contributed by atoms with Crippen molar-refractivity contribution < 1.29 is 14.3 Å². The molecular weight excluding hydrogens is 319 g/mol. The largest absolute Gasteiger partial charge is 0.389 e. The van der Waals surface area contributed by atoms with Gasteiger partial charge >= 0.3 is 0 Å². The lowest BCUT2D eigenvalue weighted by molar-refractivity contribution is -0.130. The molecule has 1 heterocycles. The SMILES string of the molecule is CN(C)C(=O)CCC1(O)CCCN(Cc2ccc(F)cc2Cl)C1. The summed E-state index contributed by atoms with van der Waals surface area (Å²) in [5, 5.41) is 11.2. The Labute approximate surface area is 141 Å². The fourth-order valence-corrected chi connectivity index (χ4v) is 3.23. The zero-order chi connectivity index (χ0) is 17.0. The number of aliphatic hydroxyl groups is 1. The zero-order valence-corrected chi connectivity index (χ0v) is 14.4. The molecule has 0 aliphatic carbocycles. The number of piperidine rings is 1. The topological polar surface area (TPSA) is 43.8 Å². The third kappa shape index (κ3) is 5.16. The van der Waals surface area contributed by atoms with Gasteiger partial charge in [-0.05, 0) is 43.5 Å². The minimum Gasteiger partial charge on any atom is -0.389 e. The molecule has 0 spiro atoms. The van der Waals surface area contributed by atoms with Crippen LogP contribution in [-0.4, -0.2) is 53.6 Å². The van der Waals surface area contributed by atoms with Gasteiger partial charge in [-0.2, -0.15) is 0 Å². The highest BCUT2D eigenvalue weighted by Gasteiger charge is 2.33. The van der Waals surface area contributed by atoms with Crippen LogP contribution in [0.5, 0.6) is 0 Å². The van der Waals surface area contributed by atoms with Gasteiger partial charge in [0.05, 0.1) is 5.60 Å². The predicted molar refractivity (Wildman–Crippen MR) is 88.8 cm³/mol. The normalized spacial score (nSPS) is 22.1. The van der Waals surface area contributed by atoms with E-state index in [1.165, 1.54) is 12.1 Å². The monoisotopic (exact) mass is 342 g/mol. The van der Waals surface area contributed by atoms with Crippen molar-refractivity contribution in [3.63, 3.8) is 0 Å². The molecule has 1 saturated heterocycles. The van der Waals surface area contributed by atoms with Crippen molar-refractivity contribution in [2.75, 3.05) is 27.2 Å². The van der Waals surface area contributed by atoms with E-state index in [1.807, 2.05) is 0 Å². The molecule has 4 nitrogen and oxygen atoms in total. The fraction of sp³-hybridized carbons (Fsp3) is 0.588. The number of hydrogen-bond donors (Lipinski definition) is 1. The van der Waals surface area contributed by atoms with E-state index in [-0.39, 0.29) is 11.7 Å². The van der Waals surface area contributed by atoms with Crippen LogP contribution >= 0.6 is 11.6 Å². The maximum Gasteiger partial charge on any atom is 0.222 e. The first-order chi connectivity index (χ1) is 10.8. The number of halogens is 2. The highest BCUT2D eigenvalue weighted by molar-refractivity contribution is 6.31. The van der Waals surface area contributed by atoms with E-state index in [0.717, 1.165) is 18.5 Å². The van der Waals surface area contributed by atoms with Crippen LogP contribution in [0.3, 0.4) is 0 Å². The molecule has 6 heteroatoms. The summed E-state index contributed by atoms with van der Waals surface area (Å²) in [7, 11) is 3.44. The van der Waals surface area contributed by atoms with Gasteiger partial charge < -0.3 is 10.0 Å². The standard InChI is InChI=1S/C17H24ClFN2O2/c1-20(2)16(22)6-8-17(23)7-3-9-21(12-17)11-13-4-5-14(19)10-15(13)18/h4-5,10,23H,3,6-9,11-12H2,1-2H3. The molecule has 1 aromatic carbocycles. The Hall–Kier alpha value is -1.17. The third-order valence-electron chi connectivity index (χ3n) is 4.35. The Morgan fingerprint density at radius 2 is 2.22 bits per heavy atom. The number of benzene rings is 1. The number of β-amino-alcohol motifs (C(OH)–C–C–N with tert-alkyl or cyclic N) is 1. The lowest BCUT2D eigenvalue weighted by Crippen LogP contribution is -2.48. The molecule has 1 atom stereocenters. The first-order valence-electron chi connectivity index (χ1n) is 7.88. The van der Waals surface area contributed by atoms with E-state index >= 15 is 0 Å². The van der Waals surface area contributed by atoms with Crippen molar-refractivity contribution >= 4 is 17.5 Å². The Morgan fingerprint density at radius 3 is 2.87 bits per heavy atom. The van der Waals surface area contributed by atoms with Gasteiger partial charge in [0, 0.05) is 38.6 Å². The highest BCUT2D eigenvalue weighted by atomic mass is 35.5. The molecular formula is C17H24ClFN2O2. The molecule has 0 aromatic heterocycles. The minimum atomic E-state index is -0.851. The molecule has 1 amide bonds. The molecule has 23 heavy (non-hydrogen) atoms. The molecule has 1 aromatic rings. The van der Waals surface area contributed by atoms with Crippen LogP contribution in [-0.2, 0) is 11.3 Å². The van der Waals surface area contributed by atoms with Gasteiger partial charge in [0.25, 0.3) is 0 Å². The average Bonchev–Trinajstić information content (AvgIpc) is 2.48. The molecule has 1 aliphatic rings. The van der Waals surface area contributed by atoms with E-state index < -0.39 is 5.60 Å². The summed E-state index contributed by atoms with van der Waals surface area (Å²) in [5.74, 6) is -0.326. The Kier molecular flexibility index (Phi) is 6.00. The Bertz CT molecular complexity index is 568. The lowest BCUT2D eigenvalue weighted by Gasteiger charge is -2.39. The van der Waals surface area contributed by atoms with Crippen LogP contribution in [0, 0.1) is 5.82 Å². The van der Waals surface area contributed by atoms with Crippen LogP contribution in [0.1, 0.15) is 31.2 Å². The minimum absolute atomic E-state index is 0.0251. The van der Waals surface area contributed by atoms with E-state index in [4.69, 9.17) is 11.6 Å². The Balaban J connectivity index is 1.95. The van der Waals surface area contributed by atoms with Crippen LogP contribution in [0.25, 0.3) is 0 Å². The zero-order valence-electron chi connectivity index (χ0n) is 13.7. The molecule has 1 fully saturated rings. The molecule has 0 radical (unpaired) electrons. The van der Waals surface area contributed by atoms with Crippen molar-refractivity contribution in [2.45, 2.75) is 37.8 Å². The quantitative estimate of drug-likeness (QED) is 0.894. The number of carbonyl (C=O) groups is 1. The van der Waals surface area contributed by atoms with Crippen molar-refractivity contribution in [2.24, 2.45) is 0 Å². The summed E-state index contributed by atoms with van der Waals surface area (Å²) in [6.07, 6.45) is 2.36. The maximum atomic E-state index is 13.1. The fourth-order valence-electron chi connectivity index (χ4n) is 3.00. The van der Waals surface area contributed by atoms with Crippen LogP contribution in [0.2, 0.25) is 5.02 Å². The lowest BCUT2D eigenvalue weighted by atomic mass is 9.88. The van der Waals surface area contributed by atoms with Crippen molar-refractivity contribution in [3.8, 4) is 0 Å². The number of hydrogen-bond acceptors (Lipinski definition) is 3. The first-order valence-corrected chi connectivity index (χ1v) is 8.26. The number of amides is 1. The van der Waals surface area contributed by atoms with Crippen molar-refractivity contribution in [1.29, 1.82) is 0 Å². The Morgan fingerprint density at radius 1 is 1.48 bits per heavy atom. The summed E-state index contributed by atoms with van der Waals surface area (Å²) in [6, 6.07) is 4.39. The summed E-state index contributed by atoms with van der Waals surface area (Å²) in [6.45, 7) is 1.93. The molecule has 2 rings (SSSR count). The van der Waals surface area contributed by atoms with Gasteiger partial charge in [0.1, 0.15) is 5.82 Å². The molecule has 128 valence electrons. The first kappa shape index (κ1) is 18.2. The summed E-state index contributed by atoms with van der Waals surface area (Å²) < 4.78 is 13.1. The van der Waals surface area contributed by atoms with Crippen LogP contribution in [0.15, 0.2) is 18.2 Å². The average molecular weight is 343 g/mol. The molecule has 1 N–H and O–H groups in total. The van der Waals surface area contributed by atoms with Gasteiger partial charge in [0.2, 0.25) is 5.91 Å². The summed E-state index contributed by atoms with van der Waals surface area (Å²) >= 11 is 6.08. The van der Waals surface area contributed by atoms with E-state index in [1.54, 1.807) is 25.1 Å². The third-order valence-corrected chi connectivity index (χ3v) is 4.70. The van der Waals surface area contributed by atoms with Crippen LogP contribution in [0.4, 0.5) is 4.39 Å².